The average Bonchev–Trinajstić information content (AvgIpc) is 3.46. The van der Waals surface area contributed by atoms with Crippen LogP contribution in [0.3, 0.4) is 0 Å². The van der Waals surface area contributed by atoms with Gasteiger partial charge in [0.15, 0.2) is 17.0 Å². The van der Waals surface area contributed by atoms with Crippen LogP contribution >= 0.6 is 0 Å². The van der Waals surface area contributed by atoms with E-state index in [1.165, 1.54) is 4.90 Å². The fourth-order valence-electron chi connectivity index (χ4n) is 5.86. The minimum absolute atomic E-state index is 0.289. The maximum absolute atomic E-state index is 13.9. The first-order valence-electron chi connectivity index (χ1n) is 13.2. The number of methoxy groups -OCH3 is 2. The number of benzene rings is 3. The zero-order valence-corrected chi connectivity index (χ0v) is 22.6. The third-order valence-electron chi connectivity index (χ3n) is 7.98. The Bertz CT molecular complexity index is 1660. The predicted octanol–water partition coefficient (Wildman–Crippen LogP) is 4.40. The Hall–Kier alpha value is -4.79. The first-order valence-corrected chi connectivity index (χ1v) is 13.2. The highest BCUT2D eigenvalue weighted by atomic mass is 16.5. The van der Waals surface area contributed by atoms with E-state index in [1.54, 1.807) is 50.3 Å². The molecule has 3 heterocycles. The summed E-state index contributed by atoms with van der Waals surface area (Å²) in [5, 5.41) is 4.00. The largest absolute Gasteiger partial charge is 0.493 e. The zero-order valence-electron chi connectivity index (χ0n) is 22.6. The van der Waals surface area contributed by atoms with Crippen LogP contribution in [0.4, 0.5) is 10.5 Å². The highest BCUT2D eigenvalue weighted by Crippen LogP contribution is 2.45. The van der Waals surface area contributed by atoms with Crippen molar-refractivity contribution in [3.05, 3.63) is 89.1 Å². The molecule has 1 atom stereocenters. The van der Waals surface area contributed by atoms with Crippen molar-refractivity contribution in [2.45, 2.75) is 25.3 Å². The number of imide groups is 1. The summed E-state index contributed by atoms with van der Waals surface area (Å²) >= 11 is 0. The molecule has 0 saturated carbocycles. The number of aromatic amines is 1. The number of rotatable bonds is 7. The number of urea groups is 1. The number of para-hydroxylation sites is 1. The maximum Gasteiger partial charge on any atom is 0.332 e. The van der Waals surface area contributed by atoms with E-state index in [4.69, 9.17) is 9.47 Å². The highest BCUT2D eigenvalue weighted by molar-refractivity contribution is 6.24. The second kappa shape index (κ2) is 9.75. The zero-order chi connectivity index (χ0) is 28.0. The Morgan fingerprint density at radius 3 is 2.60 bits per heavy atom. The second-order valence-electron chi connectivity index (χ2n) is 10.2. The van der Waals surface area contributed by atoms with Gasteiger partial charge in [0.25, 0.3) is 11.8 Å². The third-order valence-corrected chi connectivity index (χ3v) is 7.98. The van der Waals surface area contributed by atoms with Gasteiger partial charge in [-0.05, 0) is 67.3 Å². The van der Waals surface area contributed by atoms with Crippen molar-refractivity contribution in [3.63, 3.8) is 0 Å². The van der Waals surface area contributed by atoms with Gasteiger partial charge in [-0.2, -0.15) is 0 Å². The average molecular weight is 539 g/mol. The van der Waals surface area contributed by atoms with Crippen LogP contribution in [0.5, 0.6) is 11.5 Å². The molecule has 1 aromatic heterocycles. The van der Waals surface area contributed by atoms with Gasteiger partial charge in [-0.25, -0.2) is 9.69 Å². The fraction of sp³-hybridized carbons (Fsp3) is 0.258. The van der Waals surface area contributed by atoms with Crippen LogP contribution in [0, 0.1) is 0 Å². The van der Waals surface area contributed by atoms with Gasteiger partial charge in [-0.1, -0.05) is 30.3 Å². The third kappa shape index (κ3) is 3.88. The van der Waals surface area contributed by atoms with Crippen molar-refractivity contribution >= 4 is 34.4 Å². The highest BCUT2D eigenvalue weighted by Gasteiger charge is 2.59. The van der Waals surface area contributed by atoms with Crippen LogP contribution in [0.2, 0.25) is 0 Å². The summed E-state index contributed by atoms with van der Waals surface area (Å²) in [4.78, 5) is 46.8. The molecule has 2 N–H and O–H groups in total. The van der Waals surface area contributed by atoms with Crippen molar-refractivity contribution in [1.82, 2.24) is 15.2 Å². The number of H-pyrrole nitrogens is 1. The predicted molar refractivity (Wildman–Crippen MR) is 151 cm³/mol. The summed E-state index contributed by atoms with van der Waals surface area (Å²) in [5.41, 5.74) is 3.34. The Labute approximate surface area is 231 Å². The number of amides is 4. The monoisotopic (exact) mass is 538 g/mol. The van der Waals surface area contributed by atoms with Gasteiger partial charge in [-0.3, -0.25) is 9.59 Å². The molecule has 1 saturated heterocycles. The van der Waals surface area contributed by atoms with E-state index in [0.29, 0.717) is 48.7 Å². The number of aromatic nitrogens is 1. The molecule has 4 amide bonds. The maximum atomic E-state index is 13.9. The SMILES string of the molecule is COc1ccc(CCNC(=O)c2cccc(N3C(=O)N4CCc5c([nH]c6ccccc56)C4(C)C3=O)c2)cc1OC. The van der Waals surface area contributed by atoms with Gasteiger partial charge in [0.1, 0.15) is 0 Å². The molecule has 0 radical (unpaired) electrons. The molecule has 0 aliphatic carbocycles. The number of nitrogens with zero attached hydrogens (tertiary/aromatic N) is 2. The number of carbonyl (C=O) groups excluding carboxylic acids is 3. The minimum atomic E-state index is -1.15. The first kappa shape index (κ1) is 25.5. The second-order valence-corrected chi connectivity index (χ2v) is 10.2. The topological polar surface area (TPSA) is 104 Å². The van der Waals surface area contributed by atoms with Crippen LogP contribution < -0.4 is 19.7 Å². The van der Waals surface area contributed by atoms with Crippen molar-refractivity contribution in [1.29, 1.82) is 0 Å². The van der Waals surface area contributed by atoms with Gasteiger partial charge in [0.05, 0.1) is 25.6 Å². The molecule has 1 fully saturated rings. The molecule has 4 aromatic rings. The molecule has 9 heteroatoms. The fourth-order valence-corrected chi connectivity index (χ4v) is 5.86. The van der Waals surface area contributed by atoms with Crippen LogP contribution in [0.25, 0.3) is 10.9 Å². The first-order chi connectivity index (χ1) is 19.4. The van der Waals surface area contributed by atoms with Crippen molar-refractivity contribution in [3.8, 4) is 11.5 Å². The van der Waals surface area contributed by atoms with Gasteiger partial charge in [0, 0.05) is 29.6 Å². The molecule has 1 unspecified atom stereocenters. The van der Waals surface area contributed by atoms with Crippen LogP contribution in [-0.4, -0.2) is 55.0 Å². The van der Waals surface area contributed by atoms with Gasteiger partial charge >= 0.3 is 6.03 Å². The molecule has 3 aromatic carbocycles. The molecule has 40 heavy (non-hydrogen) atoms. The van der Waals surface area contributed by atoms with Crippen LogP contribution in [0.1, 0.15) is 34.1 Å². The Morgan fingerprint density at radius 1 is 1.00 bits per heavy atom. The normalized spacial score (nSPS) is 18.1. The number of fused-ring (bicyclic) bond motifs is 5. The molecular formula is C31H30N4O5. The quantitative estimate of drug-likeness (QED) is 0.340. The van der Waals surface area contributed by atoms with Gasteiger partial charge in [-0.15, -0.1) is 0 Å². The Balaban J connectivity index is 1.21. The van der Waals surface area contributed by atoms with Crippen LogP contribution in [-0.2, 0) is 23.2 Å². The summed E-state index contributed by atoms with van der Waals surface area (Å²) in [6.45, 7) is 2.63. The number of ether oxygens (including phenoxy) is 2. The molecular weight excluding hydrogens is 508 g/mol. The van der Waals surface area contributed by atoms with E-state index in [9.17, 15) is 14.4 Å². The van der Waals surface area contributed by atoms with Crippen molar-refractivity contribution in [2.75, 3.05) is 32.2 Å². The van der Waals surface area contributed by atoms with E-state index < -0.39 is 5.54 Å². The summed E-state index contributed by atoms with van der Waals surface area (Å²) < 4.78 is 10.6. The lowest BCUT2D eigenvalue weighted by Crippen LogP contribution is -2.49. The Morgan fingerprint density at radius 2 is 1.80 bits per heavy atom. The van der Waals surface area contributed by atoms with Crippen molar-refractivity contribution < 1.29 is 23.9 Å². The summed E-state index contributed by atoms with van der Waals surface area (Å²) in [6, 6.07) is 19.8. The number of nitrogens with one attached hydrogen (secondary N) is 2. The molecule has 2 aliphatic rings. The summed E-state index contributed by atoms with van der Waals surface area (Å²) in [6.07, 6.45) is 1.25. The van der Waals surface area contributed by atoms with E-state index in [1.807, 2.05) is 42.5 Å². The molecule has 204 valence electrons. The van der Waals surface area contributed by atoms with Gasteiger partial charge < -0.3 is 24.7 Å². The molecule has 2 aliphatic heterocycles. The van der Waals surface area contributed by atoms with Crippen LogP contribution in [0.15, 0.2) is 66.7 Å². The summed E-state index contributed by atoms with van der Waals surface area (Å²) in [7, 11) is 3.16. The lowest BCUT2D eigenvalue weighted by Gasteiger charge is -2.35. The smallest absolute Gasteiger partial charge is 0.332 e. The molecule has 0 bridgehead atoms. The Kier molecular flexibility index (Phi) is 6.21. The van der Waals surface area contributed by atoms with E-state index in [2.05, 4.69) is 10.3 Å². The number of anilines is 1. The van der Waals surface area contributed by atoms with E-state index >= 15 is 0 Å². The van der Waals surface area contributed by atoms with E-state index in [0.717, 1.165) is 27.7 Å². The van der Waals surface area contributed by atoms with E-state index in [-0.39, 0.29) is 17.8 Å². The molecule has 6 rings (SSSR count). The van der Waals surface area contributed by atoms with Gasteiger partial charge in [0.2, 0.25) is 0 Å². The summed E-state index contributed by atoms with van der Waals surface area (Å²) in [5.74, 6) is 0.645. The minimum Gasteiger partial charge on any atom is -0.493 e. The standard InChI is InChI=1S/C31H30N4O5/c1-31-27-23(22-9-4-5-10-24(22)33-27)14-16-34(31)30(38)35(29(31)37)21-8-6-7-20(18-21)28(36)32-15-13-19-11-12-25(39-2)26(17-19)40-3/h4-12,17-18,33H,13-16H2,1-3H3,(H,32,36). The lowest BCUT2D eigenvalue weighted by atomic mass is 9.87. The number of carbonyl (C=O) groups is 3. The number of hydrogen-bond donors (Lipinski definition) is 2. The lowest BCUT2D eigenvalue weighted by molar-refractivity contribution is -0.125. The molecule has 0 spiro atoms. The number of hydrogen-bond acceptors (Lipinski definition) is 5. The molecule has 9 nitrogen and oxygen atoms in total. The van der Waals surface area contributed by atoms with Crippen molar-refractivity contribution in [2.24, 2.45) is 0 Å².